The predicted molar refractivity (Wildman–Crippen MR) is 79.1 cm³/mol. The van der Waals surface area contributed by atoms with Gasteiger partial charge >= 0.3 is 0 Å². The highest BCUT2D eigenvalue weighted by atomic mass is 16.5. The van der Waals surface area contributed by atoms with Crippen molar-refractivity contribution in [1.29, 1.82) is 0 Å². The highest BCUT2D eigenvalue weighted by Gasteiger charge is 2.15. The molecule has 0 radical (unpaired) electrons. The van der Waals surface area contributed by atoms with Gasteiger partial charge in [-0.1, -0.05) is 18.9 Å². The maximum absolute atomic E-state index is 11.5. The normalized spacial score (nSPS) is 19.1. The van der Waals surface area contributed by atoms with Gasteiger partial charge in [0.25, 0.3) is 0 Å². The first kappa shape index (κ1) is 13.4. The van der Waals surface area contributed by atoms with Gasteiger partial charge in [-0.25, -0.2) is 0 Å². The van der Waals surface area contributed by atoms with Gasteiger partial charge in [0, 0.05) is 6.04 Å². The van der Waals surface area contributed by atoms with Gasteiger partial charge in [0.2, 0.25) is 5.91 Å². The van der Waals surface area contributed by atoms with Crippen LogP contribution in [0, 0.1) is 0 Å². The van der Waals surface area contributed by atoms with Crippen LogP contribution in [0.2, 0.25) is 0 Å². The van der Waals surface area contributed by atoms with Gasteiger partial charge in [-0.2, -0.15) is 0 Å². The Morgan fingerprint density at radius 3 is 3.00 bits per heavy atom. The van der Waals surface area contributed by atoms with Gasteiger partial charge in [-0.05, 0) is 43.5 Å². The quantitative estimate of drug-likeness (QED) is 0.887. The molecule has 1 amide bonds. The van der Waals surface area contributed by atoms with E-state index < -0.39 is 0 Å². The third-order valence-corrected chi connectivity index (χ3v) is 4.11. The van der Waals surface area contributed by atoms with Crippen LogP contribution in [0.25, 0.3) is 0 Å². The van der Waals surface area contributed by atoms with Crippen LogP contribution in [0.5, 0.6) is 5.75 Å². The molecule has 3 rings (SSSR count). The van der Waals surface area contributed by atoms with Crippen molar-refractivity contribution in [3.05, 3.63) is 23.8 Å². The number of hydrogen-bond donors (Lipinski definition) is 2. The van der Waals surface area contributed by atoms with Crippen LogP contribution in [0.3, 0.4) is 0 Å². The Morgan fingerprint density at radius 1 is 1.30 bits per heavy atom. The lowest BCUT2D eigenvalue weighted by Gasteiger charge is -2.13. The third kappa shape index (κ3) is 3.31. The van der Waals surface area contributed by atoms with E-state index in [2.05, 4.69) is 16.7 Å². The first-order valence-corrected chi connectivity index (χ1v) is 7.60. The molecule has 0 aromatic heterocycles. The van der Waals surface area contributed by atoms with Crippen LogP contribution in [0.15, 0.2) is 18.2 Å². The number of anilines is 1. The molecule has 2 N–H and O–H groups in total. The van der Waals surface area contributed by atoms with Gasteiger partial charge < -0.3 is 15.4 Å². The lowest BCUT2D eigenvalue weighted by molar-refractivity contribution is -0.116. The molecule has 2 aliphatic rings. The van der Waals surface area contributed by atoms with E-state index in [0.717, 1.165) is 24.4 Å². The Labute approximate surface area is 119 Å². The highest BCUT2D eigenvalue weighted by molar-refractivity contribution is 5.93. The van der Waals surface area contributed by atoms with E-state index in [-0.39, 0.29) is 5.91 Å². The first-order chi connectivity index (χ1) is 9.81. The number of ether oxygens (including phenoxy) is 1. The largest absolute Gasteiger partial charge is 0.491 e. The summed E-state index contributed by atoms with van der Waals surface area (Å²) >= 11 is 0. The summed E-state index contributed by atoms with van der Waals surface area (Å²) in [6.45, 7) is 1.46. The minimum Gasteiger partial charge on any atom is -0.491 e. The van der Waals surface area contributed by atoms with E-state index in [0.29, 0.717) is 19.1 Å². The third-order valence-electron chi connectivity index (χ3n) is 4.11. The van der Waals surface area contributed by atoms with E-state index >= 15 is 0 Å². The number of benzene rings is 1. The summed E-state index contributed by atoms with van der Waals surface area (Å²) in [7, 11) is 0. The summed E-state index contributed by atoms with van der Waals surface area (Å²) in [4.78, 5) is 11.5. The molecule has 0 saturated heterocycles. The smallest absolute Gasteiger partial charge is 0.227 e. The molecule has 4 nitrogen and oxygen atoms in total. The molecule has 0 bridgehead atoms. The summed E-state index contributed by atoms with van der Waals surface area (Å²) in [5.41, 5.74) is 2.05. The van der Waals surface area contributed by atoms with Gasteiger partial charge in [0.15, 0.2) is 0 Å². The zero-order valence-corrected chi connectivity index (χ0v) is 11.8. The fourth-order valence-electron chi connectivity index (χ4n) is 2.97. The van der Waals surface area contributed by atoms with Gasteiger partial charge in [-0.3, -0.25) is 4.79 Å². The second-order valence-corrected chi connectivity index (χ2v) is 5.66. The Balaban J connectivity index is 1.58. The van der Waals surface area contributed by atoms with Gasteiger partial charge in [0.05, 0.1) is 18.7 Å². The van der Waals surface area contributed by atoms with E-state index in [4.69, 9.17) is 4.74 Å². The summed E-state index contributed by atoms with van der Waals surface area (Å²) < 4.78 is 5.56. The molecule has 1 aliphatic carbocycles. The summed E-state index contributed by atoms with van der Waals surface area (Å²) in [5.74, 6) is 0.813. The molecule has 20 heavy (non-hydrogen) atoms. The summed E-state index contributed by atoms with van der Waals surface area (Å²) in [6, 6.07) is 6.80. The van der Waals surface area contributed by atoms with Crippen molar-refractivity contribution in [2.24, 2.45) is 0 Å². The summed E-state index contributed by atoms with van der Waals surface area (Å²) in [6.07, 6.45) is 6.76. The van der Waals surface area contributed by atoms with E-state index in [1.807, 2.05) is 12.1 Å². The second kappa shape index (κ2) is 6.27. The van der Waals surface area contributed by atoms with Crippen molar-refractivity contribution < 1.29 is 9.53 Å². The zero-order chi connectivity index (χ0) is 13.8. The molecule has 1 heterocycles. The standard InChI is InChI=1S/C16H22N2O2/c19-16-8-10-20-15-6-5-12(11-14(15)18-16)7-9-17-13-3-1-2-4-13/h5-6,11,13,17H,1-4,7-10H2,(H,18,19). The minimum atomic E-state index is 0.0324. The SMILES string of the molecule is O=C1CCOc2ccc(CCNC3CCCC3)cc2N1. The lowest BCUT2D eigenvalue weighted by Crippen LogP contribution is -2.27. The Bertz CT molecular complexity index is 481. The molecule has 1 aromatic carbocycles. The molecule has 4 heteroatoms. The molecule has 0 atom stereocenters. The topological polar surface area (TPSA) is 50.4 Å². The Morgan fingerprint density at radius 2 is 2.15 bits per heavy atom. The van der Waals surface area contributed by atoms with Crippen LogP contribution >= 0.6 is 0 Å². The predicted octanol–water partition coefficient (Wildman–Crippen LogP) is 2.48. The number of hydrogen-bond acceptors (Lipinski definition) is 3. The number of nitrogens with one attached hydrogen (secondary N) is 2. The Hall–Kier alpha value is -1.55. The van der Waals surface area contributed by atoms with Crippen LogP contribution in [0.1, 0.15) is 37.7 Å². The molecule has 0 spiro atoms. The van der Waals surface area contributed by atoms with Crippen molar-refractivity contribution in [1.82, 2.24) is 5.32 Å². The van der Waals surface area contributed by atoms with Crippen molar-refractivity contribution >= 4 is 11.6 Å². The second-order valence-electron chi connectivity index (χ2n) is 5.66. The van der Waals surface area contributed by atoms with Crippen molar-refractivity contribution in [3.63, 3.8) is 0 Å². The molecule has 1 aliphatic heterocycles. The zero-order valence-electron chi connectivity index (χ0n) is 11.8. The van der Waals surface area contributed by atoms with E-state index in [1.165, 1.54) is 31.2 Å². The number of carbonyl (C=O) groups is 1. The summed E-state index contributed by atoms with van der Waals surface area (Å²) in [5, 5.41) is 6.52. The van der Waals surface area contributed by atoms with E-state index in [9.17, 15) is 4.79 Å². The molecule has 1 fully saturated rings. The highest BCUT2D eigenvalue weighted by Crippen LogP contribution is 2.28. The molecular formula is C16H22N2O2. The van der Waals surface area contributed by atoms with Crippen molar-refractivity contribution in [2.45, 2.75) is 44.6 Å². The molecule has 0 unspecified atom stereocenters. The van der Waals surface area contributed by atoms with Crippen LogP contribution < -0.4 is 15.4 Å². The number of fused-ring (bicyclic) bond motifs is 1. The van der Waals surface area contributed by atoms with Crippen LogP contribution in [-0.4, -0.2) is 25.1 Å². The van der Waals surface area contributed by atoms with Crippen LogP contribution in [0.4, 0.5) is 5.69 Å². The number of carbonyl (C=O) groups excluding carboxylic acids is 1. The maximum atomic E-state index is 11.5. The van der Waals surface area contributed by atoms with Crippen molar-refractivity contribution in [2.75, 3.05) is 18.5 Å². The van der Waals surface area contributed by atoms with Gasteiger partial charge in [-0.15, -0.1) is 0 Å². The minimum absolute atomic E-state index is 0.0324. The van der Waals surface area contributed by atoms with Gasteiger partial charge in [0.1, 0.15) is 5.75 Å². The maximum Gasteiger partial charge on any atom is 0.227 e. The van der Waals surface area contributed by atoms with E-state index in [1.54, 1.807) is 0 Å². The van der Waals surface area contributed by atoms with Crippen molar-refractivity contribution in [3.8, 4) is 5.75 Å². The first-order valence-electron chi connectivity index (χ1n) is 7.60. The number of amides is 1. The fraction of sp³-hybridized carbons (Fsp3) is 0.562. The fourth-order valence-corrected chi connectivity index (χ4v) is 2.97. The van der Waals surface area contributed by atoms with Crippen LogP contribution in [-0.2, 0) is 11.2 Å². The monoisotopic (exact) mass is 274 g/mol. The molecule has 1 aromatic rings. The molecular weight excluding hydrogens is 252 g/mol. The average Bonchev–Trinajstić information content (AvgIpc) is 2.87. The lowest BCUT2D eigenvalue weighted by atomic mass is 10.1. The number of rotatable bonds is 4. The average molecular weight is 274 g/mol. The molecule has 1 saturated carbocycles. The molecule has 108 valence electrons. The Kier molecular flexibility index (Phi) is 4.21.